The molecular weight excluding hydrogens is 406 g/mol. The van der Waals surface area contributed by atoms with E-state index >= 15 is 0 Å². The number of nitrogens with one attached hydrogen (secondary N) is 1. The van der Waals surface area contributed by atoms with Crippen LogP contribution in [0.4, 0.5) is 8.78 Å². The topological polar surface area (TPSA) is 88.8 Å². The lowest BCUT2D eigenvalue weighted by atomic mass is 10.2. The molecule has 0 aliphatic heterocycles. The van der Waals surface area contributed by atoms with Crippen LogP contribution in [0.5, 0.6) is 5.88 Å². The third-order valence-corrected chi connectivity index (χ3v) is 5.55. The molecule has 1 aromatic carbocycles. The number of benzene rings is 1. The molecule has 1 fully saturated rings. The number of hydrogen-bond acceptors (Lipinski definition) is 6. The summed E-state index contributed by atoms with van der Waals surface area (Å²) in [7, 11) is 0. The number of nitrogens with zero attached hydrogens (tertiary/aromatic N) is 3. The molecule has 0 bridgehead atoms. The van der Waals surface area contributed by atoms with E-state index in [-0.39, 0.29) is 36.4 Å². The number of fused-ring (bicyclic) bond motifs is 1. The molecule has 1 saturated carbocycles. The minimum atomic E-state index is -0.709. The van der Waals surface area contributed by atoms with Crippen molar-refractivity contribution in [1.82, 2.24) is 19.7 Å². The van der Waals surface area contributed by atoms with Gasteiger partial charge < -0.3 is 15.2 Å². The van der Waals surface area contributed by atoms with Gasteiger partial charge in [0.2, 0.25) is 5.65 Å². The summed E-state index contributed by atoms with van der Waals surface area (Å²) in [4.78, 5) is 21.6. The summed E-state index contributed by atoms with van der Waals surface area (Å²) in [6, 6.07) is 3.50. The van der Waals surface area contributed by atoms with Crippen LogP contribution in [0, 0.1) is 25.5 Å². The zero-order chi connectivity index (χ0) is 22.1. The maximum Gasteiger partial charge on any atom is 0.258 e. The molecule has 0 radical (unpaired) electrons. The molecular formula is C22H24F2N4O3. The fourth-order valence-electron chi connectivity index (χ4n) is 3.98. The highest BCUT2D eigenvalue weighted by Gasteiger charge is 2.27. The quantitative estimate of drug-likeness (QED) is 0.561. The van der Waals surface area contributed by atoms with E-state index in [2.05, 4.69) is 15.3 Å². The van der Waals surface area contributed by atoms with Crippen molar-refractivity contribution in [1.29, 1.82) is 0 Å². The molecule has 2 N–H and O–H groups in total. The summed E-state index contributed by atoms with van der Waals surface area (Å²) >= 11 is 0. The summed E-state index contributed by atoms with van der Waals surface area (Å²) in [6.07, 6.45) is 3.71. The summed E-state index contributed by atoms with van der Waals surface area (Å²) in [5.74, 6) is -1.51. The van der Waals surface area contributed by atoms with E-state index in [9.17, 15) is 18.7 Å². The number of carbonyl (C=O) groups excluding carboxylic acids is 1. The molecule has 164 valence electrons. The highest BCUT2D eigenvalue weighted by molar-refractivity contribution is 5.98. The molecule has 1 aliphatic rings. The number of carbonyl (C=O) groups is 1. The van der Waals surface area contributed by atoms with Gasteiger partial charge >= 0.3 is 0 Å². The first-order chi connectivity index (χ1) is 14.8. The van der Waals surface area contributed by atoms with E-state index < -0.39 is 17.7 Å². The van der Waals surface area contributed by atoms with Crippen molar-refractivity contribution in [3.63, 3.8) is 0 Å². The number of halogens is 2. The Morgan fingerprint density at radius 2 is 2.00 bits per heavy atom. The Labute approximate surface area is 178 Å². The van der Waals surface area contributed by atoms with Crippen LogP contribution in [0.15, 0.2) is 24.4 Å². The highest BCUT2D eigenvalue weighted by atomic mass is 19.1. The van der Waals surface area contributed by atoms with Crippen LogP contribution in [0.3, 0.4) is 0 Å². The molecule has 0 spiro atoms. The summed E-state index contributed by atoms with van der Waals surface area (Å²) in [5.41, 5.74) is 1.52. The fraction of sp³-hybridized carbons (Fsp3) is 0.409. The van der Waals surface area contributed by atoms with Crippen LogP contribution < -0.4 is 10.1 Å². The van der Waals surface area contributed by atoms with Crippen molar-refractivity contribution in [3.8, 4) is 5.88 Å². The number of ether oxygens (including phenoxy) is 1. The van der Waals surface area contributed by atoms with E-state index in [4.69, 9.17) is 4.74 Å². The summed E-state index contributed by atoms with van der Waals surface area (Å²) in [6.45, 7) is 3.14. The molecule has 2 aromatic heterocycles. The van der Waals surface area contributed by atoms with Gasteiger partial charge in [-0.25, -0.2) is 18.7 Å². The SMILES string of the molecule is Cc1cn2c(C(=O)CNC3CCCC3O)c(C)nc2c(OCc2c(F)cccc2F)n1. The van der Waals surface area contributed by atoms with Crippen molar-refractivity contribution in [2.45, 2.75) is 51.9 Å². The normalized spacial score (nSPS) is 18.6. The fourth-order valence-corrected chi connectivity index (χ4v) is 3.98. The van der Waals surface area contributed by atoms with Gasteiger partial charge in [0.15, 0.2) is 5.78 Å². The van der Waals surface area contributed by atoms with E-state index in [0.717, 1.165) is 31.4 Å². The molecule has 2 heterocycles. The van der Waals surface area contributed by atoms with Gasteiger partial charge in [-0.3, -0.25) is 9.20 Å². The van der Waals surface area contributed by atoms with E-state index in [1.54, 1.807) is 24.4 Å². The monoisotopic (exact) mass is 430 g/mol. The Kier molecular flexibility index (Phi) is 5.97. The third kappa shape index (κ3) is 4.28. The molecule has 0 saturated heterocycles. The number of hydrogen-bond donors (Lipinski definition) is 2. The second kappa shape index (κ2) is 8.68. The van der Waals surface area contributed by atoms with E-state index in [1.807, 2.05) is 0 Å². The Hall–Kier alpha value is -2.91. The minimum absolute atomic E-state index is 0.0638. The molecule has 0 amide bonds. The number of imidazole rings is 1. The highest BCUT2D eigenvalue weighted by Crippen LogP contribution is 2.24. The molecule has 3 aromatic rings. The lowest BCUT2D eigenvalue weighted by Crippen LogP contribution is -2.39. The van der Waals surface area contributed by atoms with Crippen molar-refractivity contribution in [3.05, 3.63) is 58.7 Å². The van der Waals surface area contributed by atoms with Gasteiger partial charge in [0.05, 0.1) is 29.6 Å². The maximum atomic E-state index is 13.9. The van der Waals surface area contributed by atoms with Crippen molar-refractivity contribution >= 4 is 11.4 Å². The molecule has 4 rings (SSSR count). The molecule has 1 aliphatic carbocycles. The first-order valence-electron chi connectivity index (χ1n) is 10.2. The van der Waals surface area contributed by atoms with Crippen LogP contribution in [-0.2, 0) is 6.61 Å². The van der Waals surface area contributed by atoms with Gasteiger partial charge in [-0.1, -0.05) is 6.07 Å². The van der Waals surface area contributed by atoms with Gasteiger partial charge in [-0.15, -0.1) is 0 Å². The smallest absolute Gasteiger partial charge is 0.258 e. The van der Waals surface area contributed by atoms with Gasteiger partial charge in [0.25, 0.3) is 5.88 Å². The number of rotatable bonds is 7. The molecule has 2 atom stereocenters. The number of aromatic nitrogens is 3. The first kappa shape index (κ1) is 21.3. The second-order valence-electron chi connectivity index (χ2n) is 7.82. The standard InChI is InChI=1S/C22H24F2N4O3/c1-12-10-28-20(19(30)9-25-17-7-4-8-18(17)29)13(2)27-21(28)22(26-12)31-11-14-15(23)5-3-6-16(14)24/h3,5-6,10,17-18,25,29H,4,7-9,11H2,1-2H3. The molecule has 7 nitrogen and oxygen atoms in total. The molecule has 2 unspecified atom stereocenters. The average molecular weight is 430 g/mol. The number of Topliss-reactive ketones (excluding diaryl/α,β-unsaturated/α-hetero) is 1. The van der Waals surface area contributed by atoms with Crippen molar-refractivity contribution < 1.29 is 23.4 Å². The predicted molar refractivity (Wildman–Crippen MR) is 109 cm³/mol. The summed E-state index contributed by atoms with van der Waals surface area (Å²) in [5, 5.41) is 13.1. The van der Waals surface area contributed by atoms with E-state index in [0.29, 0.717) is 22.7 Å². The third-order valence-electron chi connectivity index (χ3n) is 5.55. The van der Waals surface area contributed by atoms with Crippen LogP contribution >= 0.6 is 0 Å². The van der Waals surface area contributed by atoms with E-state index in [1.165, 1.54) is 6.07 Å². The Bertz CT molecular complexity index is 1110. The van der Waals surface area contributed by atoms with Crippen LogP contribution in [0.1, 0.15) is 46.7 Å². The van der Waals surface area contributed by atoms with Gasteiger partial charge in [-0.05, 0) is 45.2 Å². The molecule has 31 heavy (non-hydrogen) atoms. The Balaban J connectivity index is 1.59. The number of aliphatic hydroxyl groups excluding tert-OH is 1. The zero-order valence-electron chi connectivity index (χ0n) is 17.4. The van der Waals surface area contributed by atoms with Crippen molar-refractivity contribution in [2.24, 2.45) is 0 Å². The van der Waals surface area contributed by atoms with Gasteiger partial charge in [0.1, 0.15) is 23.9 Å². The number of aryl methyl sites for hydroxylation is 2. The largest absolute Gasteiger partial charge is 0.470 e. The van der Waals surface area contributed by atoms with Crippen molar-refractivity contribution in [2.75, 3.05) is 6.54 Å². The van der Waals surface area contributed by atoms with Crippen LogP contribution in [0.25, 0.3) is 5.65 Å². The Morgan fingerprint density at radius 3 is 2.68 bits per heavy atom. The Morgan fingerprint density at radius 1 is 1.26 bits per heavy atom. The lowest BCUT2D eigenvalue weighted by molar-refractivity contribution is 0.0963. The van der Waals surface area contributed by atoms with Gasteiger partial charge in [-0.2, -0.15) is 0 Å². The van der Waals surface area contributed by atoms with Gasteiger partial charge in [0, 0.05) is 12.2 Å². The number of ketones is 1. The maximum absolute atomic E-state index is 13.9. The average Bonchev–Trinajstić information content (AvgIpc) is 3.27. The second-order valence-corrected chi connectivity index (χ2v) is 7.82. The lowest BCUT2D eigenvalue weighted by Gasteiger charge is -2.15. The minimum Gasteiger partial charge on any atom is -0.470 e. The first-order valence-corrected chi connectivity index (χ1v) is 10.2. The summed E-state index contributed by atoms with van der Waals surface area (Å²) < 4.78 is 35.1. The predicted octanol–water partition coefficient (Wildman–Crippen LogP) is 2.89. The zero-order valence-corrected chi connectivity index (χ0v) is 17.4. The van der Waals surface area contributed by atoms with Crippen LogP contribution in [-0.4, -0.2) is 43.9 Å². The van der Waals surface area contributed by atoms with Crippen LogP contribution in [0.2, 0.25) is 0 Å². The molecule has 9 heteroatoms. The number of aliphatic hydroxyl groups is 1.